The first kappa shape index (κ1) is 15.0. The Morgan fingerprint density at radius 1 is 1.22 bits per heavy atom. The van der Waals surface area contributed by atoms with Gasteiger partial charge in [0.2, 0.25) is 0 Å². The number of para-hydroxylation sites is 1. The molecule has 0 saturated heterocycles. The van der Waals surface area contributed by atoms with Crippen LogP contribution in [0.1, 0.15) is 19.4 Å². The third-order valence-electron chi connectivity index (χ3n) is 2.36. The van der Waals surface area contributed by atoms with E-state index in [2.05, 4.69) is 19.3 Å². The SMILES string of the molecule is Cc1ccccc1OCC(O)CNOCC(C)C. The predicted octanol–water partition coefficient (Wildman–Crippen LogP) is 1.91. The number of nitrogens with one attached hydrogen (secondary N) is 1. The summed E-state index contributed by atoms with van der Waals surface area (Å²) in [5.74, 6) is 1.28. The number of benzene rings is 1. The smallest absolute Gasteiger partial charge is 0.122 e. The molecule has 1 rings (SSSR count). The Morgan fingerprint density at radius 3 is 2.61 bits per heavy atom. The number of hydrogen-bond donors (Lipinski definition) is 2. The van der Waals surface area contributed by atoms with E-state index in [1.165, 1.54) is 0 Å². The molecule has 1 aromatic rings. The highest BCUT2D eigenvalue weighted by Gasteiger charge is 2.06. The van der Waals surface area contributed by atoms with Crippen LogP contribution in [0.25, 0.3) is 0 Å². The quantitative estimate of drug-likeness (QED) is 0.549. The molecule has 0 fully saturated rings. The van der Waals surface area contributed by atoms with Crippen molar-refractivity contribution < 1.29 is 14.7 Å². The maximum Gasteiger partial charge on any atom is 0.122 e. The molecule has 18 heavy (non-hydrogen) atoms. The molecule has 0 aliphatic rings. The van der Waals surface area contributed by atoms with Crippen LogP contribution in [-0.4, -0.2) is 31.0 Å². The normalized spacial score (nSPS) is 12.7. The van der Waals surface area contributed by atoms with Crippen molar-refractivity contribution in [3.63, 3.8) is 0 Å². The van der Waals surface area contributed by atoms with Gasteiger partial charge in [-0.05, 0) is 24.5 Å². The van der Waals surface area contributed by atoms with Crippen molar-refractivity contribution in [1.29, 1.82) is 0 Å². The Labute approximate surface area is 109 Å². The number of aliphatic hydroxyl groups excluding tert-OH is 1. The lowest BCUT2D eigenvalue weighted by Crippen LogP contribution is -2.32. The minimum atomic E-state index is -0.586. The number of hydrogen-bond acceptors (Lipinski definition) is 4. The van der Waals surface area contributed by atoms with E-state index in [4.69, 9.17) is 9.57 Å². The maximum absolute atomic E-state index is 9.70. The van der Waals surface area contributed by atoms with Crippen LogP contribution in [0.15, 0.2) is 24.3 Å². The molecule has 1 unspecified atom stereocenters. The van der Waals surface area contributed by atoms with Gasteiger partial charge in [-0.1, -0.05) is 32.0 Å². The molecule has 1 aromatic carbocycles. The Balaban J connectivity index is 2.17. The van der Waals surface area contributed by atoms with Crippen molar-refractivity contribution >= 4 is 0 Å². The minimum Gasteiger partial charge on any atom is -0.491 e. The van der Waals surface area contributed by atoms with Crippen molar-refractivity contribution in [3.8, 4) is 5.75 Å². The molecule has 102 valence electrons. The molecule has 0 aliphatic heterocycles. The largest absolute Gasteiger partial charge is 0.491 e. The molecule has 0 bridgehead atoms. The van der Waals surface area contributed by atoms with Crippen molar-refractivity contribution in [2.24, 2.45) is 5.92 Å². The van der Waals surface area contributed by atoms with Gasteiger partial charge in [0, 0.05) is 0 Å². The number of aliphatic hydroxyl groups is 1. The highest BCUT2D eigenvalue weighted by Crippen LogP contribution is 2.16. The summed E-state index contributed by atoms with van der Waals surface area (Å²) >= 11 is 0. The van der Waals surface area contributed by atoms with Gasteiger partial charge >= 0.3 is 0 Å². The number of ether oxygens (including phenoxy) is 1. The monoisotopic (exact) mass is 253 g/mol. The molecule has 2 N–H and O–H groups in total. The lowest BCUT2D eigenvalue weighted by molar-refractivity contribution is -0.00777. The van der Waals surface area contributed by atoms with Gasteiger partial charge in [0.1, 0.15) is 18.5 Å². The Morgan fingerprint density at radius 2 is 1.94 bits per heavy atom. The van der Waals surface area contributed by atoms with Crippen LogP contribution in [0.4, 0.5) is 0 Å². The average Bonchev–Trinajstić information content (AvgIpc) is 2.33. The third kappa shape index (κ3) is 6.00. The van der Waals surface area contributed by atoms with Crippen molar-refractivity contribution in [2.45, 2.75) is 26.9 Å². The highest BCUT2D eigenvalue weighted by atomic mass is 16.6. The summed E-state index contributed by atoms with van der Waals surface area (Å²) < 4.78 is 5.53. The van der Waals surface area contributed by atoms with Crippen molar-refractivity contribution in [1.82, 2.24) is 5.48 Å². The van der Waals surface area contributed by atoms with Gasteiger partial charge in [0.25, 0.3) is 0 Å². The first-order chi connectivity index (χ1) is 8.59. The molecule has 0 amide bonds. The first-order valence-electron chi connectivity index (χ1n) is 6.30. The fraction of sp³-hybridized carbons (Fsp3) is 0.571. The van der Waals surface area contributed by atoms with Crippen LogP contribution in [-0.2, 0) is 4.84 Å². The molecule has 4 nitrogen and oxygen atoms in total. The topological polar surface area (TPSA) is 50.7 Å². The van der Waals surface area contributed by atoms with E-state index in [0.29, 0.717) is 19.1 Å². The molecular weight excluding hydrogens is 230 g/mol. The van der Waals surface area contributed by atoms with E-state index < -0.39 is 6.10 Å². The minimum absolute atomic E-state index is 0.253. The van der Waals surface area contributed by atoms with Crippen LogP contribution < -0.4 is 10.2 Å². The molecule has 0 heterocycles. The van der Waals surface area contributed by atoms with Crippen LogP contribution in [0.2, 0.25) is 0 Å². The number of aryl methyl sites for hydroxylation is 1. The second-order valence-electron chi connectivity index (χ2n) is 4.78. The number of rotatable bonds is 8. The zero-order chi connectivity index (χ0) is 13.4. The van der Waals surface area contributed by atoms with Crippen LogP contribution >= 0.6 is 0 Å². The fourth-order valence-electron chi connectivity index (χ4n) is 1.34. The molecule has 0 aliphatic carbocycles. The third-order valence-corrected chi connectivity index (χ3v) is 2.36. The zero-order valence-electron chi connectivity index (χ0n) is 11.3. The van der Waals surface area contributed by atoms with Crippen LogP contribution in [0.3, 0.4) is 0 Å². The molecule has 0 spiro atoms. The van der Waals surface area contributed by atoms with E-state index in [-0.39, 0.29) is 6.61 Å². The summed E-state index contributed by atoms with van der Waals surface area (Å²) in [6, 6.07) is 7.75. The molecule has 1 atom stereocenters. The van der Waals surface area contributed by atoms with Crippen molar-refractivity contribution in [2.75, 3.05) is 19.8 Å². The lowest BCUT2D eigenvalue weighted by Gasteiger charge is -2.15. The van der Waals surface area contributed by atoms with E-state index in [1.807, 2.05) is 31.2 Å². The second kappa shape index (κ2) is 8.08. The Bertz CT molecular complexity index is 342. The van der Waals surface area contributed by atoms with Gasteiger partial charge in [-0.3, -0.25) is 0 Å². The van der Waals surface area contributed by atoms with Crippen LogP contribution in [0, 0.1) is 12.8 Å². The first-order valence-corrected chi connectivity index (χ1v) is 6.30. The second-order valence-corrected chi connectivity index (χ2v) is 4.78. The lowest BCUT2D eigenvalue weighted by atomic mass is 10.2. The van der Waals surface area contributed by atoms with E-state index in [9.17, 15) is 5.11 Å². The molecule has 4 heteroatoms. The van der Waals surface area contributed by atoms with Gasteiger partial charge in [0.05, 0.1) is 13.2 Å². The highest BCUT2D eigenvalue weighted by molar-refractivity contribution is 5.31. The van der Waals surface area contributed by atoms with E-state index in [1.54, 1.807) is 0 Å². The Kier molecular flexibility index (Phi) is 6.72. The zero-order valence-corrected chi connectivity index (χ0v) is 11.3. The van der Waals surface area contributed by atoms with Gasteiger partial charge in [-0.25, -0.2) is 0 Å². The van der Waals surface area contributed by atoms with Gasteiger partial charge in [-0.2, -0.15) is 5.48 Å². The average molecular weight is 253 g/mol. The maximum atomic E-state index is 9.70. The summed E-state index contributed by atoms with van der Waals surface area (Å²) in [5, 5.41) is 9.70. The molecule has 0 aromatic heterocycles. The summed E-state index contributed by atoms with van der Waals surface area (Å²) in [4.78, 5) is 5.18. The standard InChI is InChI=1S/C14H23NO3/c1-11(2)9-18-15-8-13(16)10-17-14-7-5-4-6-12(14)3/h4-7,11,13,15-16H,8-10H2,1-3H3. The summed E-state index contributed by atoms with van der Waals surface area (Å²) in [5.41, 5.74) is 3.80. The Hall–Kier alpha value is -1.10. The van der Waals surface area contributed by atoms with Crippen molar-refractivity contribution in [3.05, 3.63) is 29.8 Å². The fourth-order valence-corrected chi connectivity index (χ4v) is 1.34. The predicted molar refractivity (Wildman–Crippen MR) is 71.5 cm³/mol. The van der Waals surface area contributed by atoms with Gasteiger partial charge in [0.15, 0.2) is 0 Å². The van der Waals surface area contributed by atoms with E-state index >= 15 is 0 Å². The van der Waals surface area contributed by atoms with Crippen LogP contribution in [0.5, 0.6) is 5.75 Å². The molecular formula is C14H23NO3. The van der Waals surface area contributed by atoms with E-state index in [0.717, 1.165) is 11.3 Å². The number of hydroxylamine groups is 1. The van der Waals surface area contributed by atoms with Gasteiger partial charge in [-0.15, -0.1) is 0 Å². The van der Waals surface area contributed by atoms with Gasteiger partial charge < -0.3 is 14.7 Å². The summed E-state index contributed by atoms with van der Waals surface area (Å²) in [6.07, 6.45) is -0.586. The molecule has 0 radical (unpaired) electrons. The summed E-state index contributed by atoms with van der Waals surface area (Å²) in [7, 11) is 0. The molecule has 0 saturated carbocycles. The summed E-state index contributed by atoms with van der Waals surface area (Å²) in [6.45, 7) is 7.36.